The predicted octanol–water partition coefficient (Wildman–Crippen LogP) is 1.98. The van der Waals surface area contributed by atoms with Crippen molar-refractivity contribution in [3.05, 3.63) is 24.4 Å². The third-order valence-electron chi connectivity index (χ3n) is 1.64. The lowest BCUT2D eigenvalue weighted by Crippen LogP contribution is -2.11. The average Bonchev–Trinajstić information content (AvgIpc) is 2.15. The molecule has 1 aliphatic heterocycles. The van der Waals surface area contributed by atoms with Gasteiger partial charge in [-0.2, -0.15) is 0 Å². The second kappa shape index (κ2) is 4.59. The molecular formula is C9H13NO2. The van der Waals surface area contributed by atoms with Gasteiger partial charge in [0.2, 0.25) is 6.41 Å². The van der Waals surface area contributed by atoms with Crippen LogP contribution >= 0.6 is 0 Å². The fourth-order valence-electron chi connectivity index (χ4n) is 0.968. The molecule has 0 N–H and O–H groups in total. The van der Waals surface area contributed by atoms with Gasteiger partial charge in [-0.3, -0.25) is 9.69 Å². The Morgan fingerprint density at radius 1 is 1.67 bits per heavy atom. The Balaban J connectivity index is 2.43. The lowest BCUT2D eigenvalue weighted by atomic mass is 10.2. The van der Waals surface area contributed by atoms with Crippen molar-refractivity contribution in [3.8, 4) is 0 Å². The average molecular weight is 167 g/mol. The molecule has 0 bridgehead atoms. The fourth-order valence-corrected chi connectivity index (χ4v) is 0.968. The first kappa shape index (κ1) is 8.84. The van der Waals surface area contributed by atoms with E-state index in [1.807, 2.05) is 0 Å². The number of nitrogens with zero attached hydrogens (tertiary/aromatic N) is 1. The Labute approximate surface area is 72.3 Å². The van der Waals surface area contributed by atoms with Crippen LogP contribution in [0.1, 0.15) is 26.2 Å². The molecule has 0 aliphatic carbocycles. The van der Waals surface area contributed by atoms with Crippen LogP contribution in [0, 0.1) is 0 Å². The van der Waals surface area contributed by atoms with Crippen LogP contribution in [0.4, 0.5) is 0 Å². The molecule has 0 fully saturated rings. The van der Waals surface area contributed by atoms with Gasteiger partial charge in [-0.15, -0.1) is 0 Å². The van der Waals surface area contributed by atoms with Gasteiger partial charge < -0.3 is 4.74 Å². The minimum Gasteiger partial charge on any atom is -0.466 e. The van der Waals surface area contributed by atoms with E-state index in [1.54, 1.807) is 12.4 Å². The monoisotopic (exact) mass is 167 g/mol. The Kier molecular flexibility index (Phi) is 3.38. The lowest BCUT2D eigenvalue weighted by Gasteiger charge is -2.15. The van der Waals surface area contributed by atoms with Gasteiger partial charge in [0.25, 0.3) is 0 Å². The van der Waals surface area contributed by atoms with Gasteiger partial charge in [-0.25, -0.2) is 0 Å². The molecule has 0 radical (unpaired) electrons. The molecule has 66 valence electrons. The van der Waals surface area contributed by atoms with E-state index in [2.05, 4.69) is 6.92 Å². The second-order valence-electron chi connectivity index (χ2n) is 2.65. The number of ether oxygens (including phenoxy) is 1. The van der Waals surface area contributed by atoms with E-state index in [0.717, 1.165) is 31.4 Å². The van der Waals surface area contributed by atoms with E-state index < -0.39 is 0 Å². The van der Waals surface area contributed by atoms with Crippen LogP contribution in [0.5, 0.6) is 0 Å². The minimum absolute atomic E-state index is 0.755. The first-order valence-electron chi connectivity index (χ1n) is 4.13. The van der Waals surface area contributed by atoms with Crippen molar-refractivity contribution in [2.24, 2.45) is 0 Å². The summed E-state index contributed by atoms with van der Waals surface area (Å²) in [4.78, 5) is 11.8. The molecule has 0 saturated heterocycles. The Morgan fingerprint density at radius 3 is 3.17 bits per heavy atom. The molecule has 1 aliphatic rings. The number of carbonyl (C=O) groups excluding carboxylic acids is 1. The summed E-state index contributed by atoms with van der Waals surface area (Å²) >= 11 is 0. The smallest absolute Gasteiger partial charge is 0.217 e. The highest BCUT2D eigenvalue weighted by molar-refractivity contribution is 5.51. The highest BCUT2D eigenvalue weighted by Gasteiger charge is 2.04. The van der Waals surface area contributed by atoms with Crippen LogP contribution < -0.4 is 0 Å². The Hall–Kier alpha value is -1.25. The van der Waals surface area contributed by atoms with Gasteiger partial charge in [-0.1, -0.05) is 13.3 Å². The number of unbranched alkanes of at least 4 members (excludes halogenated alkanes) is 1. The molecule has 1 amide bonds. The van der Waals surface area contributed by atoms with Crippen LogP contribution in [-0.2, 0) is 9.53 Å². The number of allylic oxidation sites excluding steroid dienone is 1. The number of rotatable bonds is 4. The molecule has 0 atom stereocenters. The summed E-state index contributed by atoms with van der Waals surface area (Å²) in [7, 11) is 0. The summed E-state index contributed by atoms with van der Waals surface area (Å²) in [5, 5.41) is 0. The molecule has 12 heavy (non-hydrogen) atoms. The lowest BCUT2D eigenvalue weighted by molar-refractivity contribution is -0.114. The SMILES string of the molecule is CCCCC1=CN(C=O)C=CO1. The second-order valence-corrected chi connectivity index (χ2v) is 2.65. The Bertz CT molecular complexity index is 209. The standard InChI is InChI=1S/C9H13NO2/c1-2-3-4-9-7-10(8-11)5-6-12-9/h5-8H,2-4H2,1H3. The maximum absolute atomic E-state index is 10.4. The van der Waals surface area contributed by atoms with Crippen LogP contribution in [0.25, 0.3) is 0 Å². The van der Waals surface area contributed by atoms with Gasteiger partial charge in [0, 0.05) is 18.8 Å². The molecule has 0 aromatic heterocycles. The number of hydrogen-bond acceptors (Lipinski definition) is 2. The zero-order chi connectivity index (χ0) is 8.81. The van der Waals surface area contributed by atoms with Crippen LogP contribution in [-0.4, -0.2) is 11.3 Å². The van der Waals surface area contributed by atoms with Gasteiger partial charge in [0.1, 0.15) is 12.0 Å². The van der Waals surface area contributed by atoms with Crippen molar-refractivity contribution in [2.45, 2.75) is 26.2 Å². The quantitative estimate of drug-likeness (QED) is 0.599. The van der Waals surface area contributed by atoms with E-state index in [9.17, 15) is 4.79 Å². The minimum atomic E-state index is 0.755. The van der Waals surface area contributed by atoms with E-state index in [0.29, 0.717) is 0 Å². The van der Waals surface area contributed by atoms with Crippen molar-refractivity contribution >= 4 is 6.41 Å². The van der Waals surface area contributed by atoms with Crippen LogP contribution in [0.15, 0.2) is 24.4 Å². The van der Waals surface area contributed by atoms with Crippen molar-refractivity contribution in [1.82, 2.24) is 4.90 Å². The molecule has 1 rings (SSSR count). The highest BCUT2D eigenvalue weighted by atomic mass is 16.5. The van der Waals surface area contributed by atoms with Crippen LogP contribution in [0.3, 0.4) is 0 Å². The van der Waals surface area contributed by atoms with Crippen molar-refractivity contribution in [3.63, 3.8) is 0 Å². The summed E-state index contributed by atoms with van der Waals surface area (Å²) in [5.74, 6) is 0.853. The zero-order valence-corrected chi connectivity index (χ0v) is 7.19. The molecule has 3 nitrogen and oxygen atoms in total. The van der Waals surface area contributed by atoms with E-state index in [1.165, 1.54) is 11.2 Å². The number of carbonyl (C=O) groups is 1. The number of amides is 1. The molecule has 0 aromatic rings. The molecule has 0 unspecified atom stereocenters. The van der Waals surface area contributed by atoms with E-state index >= 15 is 0 Å². The number of hydrogen-bond donors (Lipinski definition) is 0. The third kappa shape index (κ3) is 2.42. The Morgan fingerprint density at radius 2 is 2.50 bits per heavy atom. The molecular weight excluding hydrogens is 154 g/mol. The summed E-state index contributed by atoms with van der Waals surface area (Å²) in [6.45, 7) is 2.12. The predicted molar refractivity (Wildman–Crippen MR) is 45.7 cm³/mol. The molecule has 0 aromatic carbocycles. The van der Waals surface area contributed by atoms with Gasteiger partial charge >= 0.3 is 0 Å². The normalized spacial score (nSPS) is 15.4. The van der Waals surface area contributed by atoms with Gasteiger partial charge in [0.15, 0.2) is 0 Å². The summed E-state index contributed by atoms with van der Waals surface area (Å²) in [6.07, 6.45) is 8.69. The van der Waals surface area contributed by atoms with E-state index in [4.69, 9.17) is 4.74 Å². The summed E-state index contributed by atoms with van der Waals surface area (Å²) < 4.78 is 5.19. The molecule has 1 heterocycles. The fraction of sp³-hybridized carbons (Fsp3) is 0.444. The van der Waals surface area contributed by atoms with Crippen LogP contribution in [0.2, 0.25) is 0 Å². The zero-order valence-electron chi connectivity index (χ0n) is 7.19. The maximum Gasteiger partial charge on any atom is 0.217 e. The summed E-state index contributed by atoms with van der Waals surface area (Å²) in [5.41, 5.74) is 0. The molecule has 3 heteroatoms. The topological polar surface area (TPSA) is 29.5 Å². The van der Waals surface area contributed by atoms with Crippen molar-refractivity contribution in [2.75, 3.05) is 0 Å². The first-order valence-corrected chi connectivity index (χ1v) is 4.13. The van der Waals surface area contributed by atoms with E-state index in [-0.39, 0.29) is 0 Å². The third-order valence-corrected chi connectivity index (χ3v) is 1.64. The van der Waals surface area contributed by atoms with Gasteiger partial charge in [0.05, 0.1) is 0 Å². The van der Waals surface area contributed by atoms with Gasteiger partial charge in [-0.05, 0) is 6.42 Å². The van der Waals surface area contributed by atoms with Crippen molar-refractivity contribution in [1.29, 1.82) is 0 Å². The largest absolute Gasteiger partial charge is 0.466 e. The summed E-state index contributed by atoms with van der Waals surface area (Å²) in [6, 6.07) is 0. The highest BCUT2D eigenvalue weighted by Crippen LogP contribution is 2.13. The maximum atomic E-state index is 10.4. The molecule has 0 saturated carbocycles. The first-order chi connectivity index (χ1) is 5.86. The van der Waals surface area contributed by atoms with Crippen molar-refractivity contribution < 1.29 is 9.53 Å². The molecule has 0 spiro atoms.